The third kappa shape index (κ3) is 5.83. The second-order valence-electron chi connectivity index (χ2n) is 9.38. The number of rotatable bonds is 6. The van der Waals surface area contributed by atoms with Crippen molar-refractivity contribution in [3.63, 3.8) is 0 Å². The molecular weight excluding hydrogens is 456 g/mol. The van der Waals surface area contributed by atoms with Gasteiger partial charge in [0.15, 0.2) is 12.2 Å². The Hall–Kier alpha value is -3.36. The zero-order chi connectivity index (χ0) is 26.0. The van der Waals surface area contributed by atoms with E-state index in [9.17, 15) is 19.2 Å². The average molecular weight is 489 g/mol. The summed E-state index contributed by atoms with van der Waals surface area (Å²) in [6.45, 7) is 13.5. The van der Waals surface area contributed by atoms with Gasteiger partial charge in [-0.1, -0.05) is 17.7 Å². The number of carbonyl (C=O) groups is 4. The normalized spacial score (nSPS) is 28.9. The molecule has 190 valence electrons. The number of fused-ring (bicyclic) bond motifs is 2. The quantitative estimate of drug-likeness (QED) is 0.315. The van der Waals surface area contributed by atoms with Crippen LogP contribution >= 0.6 is 0 Å². The molecule has 3 rings (SSSR count). The summed E-state index contributed by atoms with van der Waals surface area (Å²) in [4.78, 5) is 47.9. The molecule has 9 nitrogen and oxygen atoms in total. The van der Waals surface area contributed by atoms with Gasteiger partial charge in [0.25, 0.3) is 6.29 Å². The number of esters is 4. The van der Waals surface area contributed by atoms with E-state index in [2.05, 4.69) is 6.58 Å². The standard InChI is InChI=1S/C26H32O9/c1-12(2)8-21(32-15(5)27)25(33-16(6)28)20-11-31-26(34-17(7)29)23-14(4)24-18(10-19(20)23)13(3)9-22(30)35-24/h8-9,11,18-19,21,23-26H,4,10H2,1-3,5-7H3/t18-,19+,21?,23-,24-,25?,26+/m1/s1. The van der Waals surface area contributed by atoms with Crippen LogP contribution in [0.1, 0.15) is 48.0 Å². The van der Waals surface area contributed by atoms with Gasteiger partial charge >= 0.3 is 23.9 Å². The molecular formula is C26H32O9. The highest BCUT2D eigenvalue weighted by Gasteiger charge is 2.53. The van der Waals surface area contributed by atoms with Gasteiger partial charge in [0.1, 0.15) is 6.10 Å². The van der Waals surface area contributed by atoms with Gasteiger partial charge < -0.3 is 23.7 Å². The summed E-state index contributed by atoms with van der Waals surface area (Å²) in [6.07, 6.45) is 1.55. The molecule has 3 aliphatic rings. The molecule has 0 aromatic heterocycles. The first-order valence-electron chi connectivity index (χ1n) is 11.5. The van der Waals surface area contributed by atoms with Crippen LogP contribution in [0.5, 0.6) is 0 Å². The van der Waals surface area contributed by atoms with E-state index >= 15 is 0 Å². The number of hydrogen-bond acceptors (Lipinski definition) is 9. The van der Waals surface area contributed by atoms with E-state index in [0.29, 0.717) is 17.6 Å². The lowest BCUT2D eigenvalue weighted by molar-refractivity contribution is -0.188. The average Bonchev–Trinajstić information content (AvgIpc) is 2.71. The van der Waals surface area contributed by atoms with Crippen molar-refractivity contribution in [2.75, 3.05) is 0 Å². The molecule has 0 amide bonds. The highest BCUT2D eigenvalue weighted by molar-refractivity contribution is 5.84. The van der Waals surface area contributed by atoms with E-state index in [-0.39, 0.29) is 11.8 Å². The fourth-order valence-electron chi connectivity index (χ4n) is 5.06. The van der Waals surface area contributed by atoms with Crippen LogP contribution in [0.4, 0.5) is 0 Å². The van der Waals surface area contributed by atoms with Crippen molar-refractivity contribution in [3.05, 3.63) is 47.3 Å². The fourth-order valence-corrected chi connectivity index (χ4v) is 5.06. The summed E-state index contributed by atoms with van der Waals surface area (Å²) in [7, 11) is 0. The molecule has 35 heavy (non-hydrogen) atoms. The number of ether oxygens (including phenoxy) is 5. The molecule has 2 aliphatic heterocycles. The molecule has 0 saturated heterocycles. The maximum atomic E-state index is 12.1. The van der Waals surface area contributed by atoms with E-state index in [1.807, 2.05) is 20.8 Å². The molecule has 0 bridgehead atoms. The van der Waals surface area contributed by atoms with Gasteiger partial charge in [-0.15, -0.1) is 0 Å². The Bertz CT molecular complexity index is 1010. The summed E-state index contributed by atoms with van der Waals surface area (Å²) in [5.41, 5.74) is 2.79. The van der Waals surface area contributed by atoms with Crippen molar-refractivity contribution in [2.24, 2.45) is 17.8 Å². The second-order valence-corrected chi connectivity index (χ2v) is 9.38. The highest BCUT2D eigenvalue weighted by atomic mass is 16.7. The maximum absolute atomic E-state index is 12.1. The Morgan fingerprint density at radius 3 is 2.29 bits per heavy atom. The third-order valence-corrected chi connectivity index (χ3v) is 6.34. The van der Waals surface area contributed by atoms with Crippen LogP contribution in [0.25, 0.3) is 0 Å². The van der Waals surface area contributed by atoms with Crippen LogP contribution in [0.15, 0.2) is 47.3 Å². The second kappa shape index (κ2) is 10.5. The molecule has 1 aliphatic carbocycles. The van der Waals surface area contributed by atoms with E-state index in [4.69, 9.17) is 23.7 Å². The Morgan fingerprint density at radius 1 is 1.06 bits per heavy atom. The van der Waals surface area contributed by atoms with Gasteiger partial charge in [0.2, 0.25) is 0 Å². The summed E-state index contributed by atoms with van der Waals surface area (Å²) in [5, 5.41) is 0. The minimum absolute atomic E-state index is 0.172. The van der Waals surface area contributed by atoms with Crippen molar-refractivity contribution < 1.29 is 42.9 Å². The van der Waals surface area contributed by atoms with Crippen LogP contribution in [0.3, 0.4) is 0 Å². The molecule has 0 spiro atoms. The molecule has 1 fully saturated rings. The molecule has 0 radical (unpaired) electrons. The largest absolute Gasteiger partial charge is 0.462 e. The molecule has 7 atom stereocenters. The third-order valence-electron chi connectivity index (χ3n) is 6.34. The van der Waals surface area contributed by atoms with Crippen molar-refractivity contribution in [2.45, 2.75) is 72.6 Å². The van der Waals surface area contributed by atoms with E-state index < -0.39 is 54.4 Å². The topological polar surface area (TPSA) is 114 Å². The number of hydrogen-bond donors (Lipinski definition) is 0. The summed E-state index contributed by atoms with van der Waals surface area (Å²) >= 11 is 0. The zero-order valence-corrected chi connectivity index (χ0v) is 20.9. The lowest BCUT2D eigenvalue weighted by Gasteiger charge is -2.49. The van der Waals surface area contributed by atoms with Crippen molar-refractivity contribution in [1.29, 1.82) is 0 Å². The Labute approximate surface area is 204 Å². The molecule has 1 saturated carbocycles. The van der Waals surface area contributed by atoms with Gasteiger partial charge in [-0.05, 0) is 38.8 Å². The maximum Gasteiger partial charge on any atom is 0.331 e. The van der Waals surface area contributed by atoms with Gasteiger partial charge in [0, 0.05) is 44.3 Å². The lowest BCUT2D eigenvalue weighted by Crippen LogP contribution is -2.52. The molecule has 0 aromatic carbocycles. The SMILES string of the molecule is C=C1[C@H]2[C@H](OC(C)=O)OC=C(C(OC(C)=O)C(C=C(C)C)OC(C)=O)[C@@H]2C[C@@H]2C(C)=CC(=O)O[C@H]12. The van der Waals surface area contributed by atoms with Crippen LogP contribution in [0, 0.1) is 17.8 Å². The molecule has 2 unspecified atom stereocenters. The first-order valence-corrected chi connectivity index (χ1v) is 11.5. The Kier molecular flexibility index (Phi) is 7.87. The van der Waals surface area contributed by atoms with E-state index in [1.165, 1.54) is 33.1 Å². The first-order chi connectivity index (χ1) is 16.4. The van der Waals surface area contributed by atoms with Gasteiger partial charge in [-0.3, -0.25) is 14.4 Å². The minimum Gasteiger partial charge on any atom is -0.462 e. The molecule has 2 heterocycles. The minimum atomic E-state index is -1.01. The summed E-state index contributed by atoms with van der Waals surface area (Å²) < 4.78 is 28.1. The predicted molar refractivity (Wildman–Crippen MR) is 123 cm³/mol. The van der Waals surface area contributed by atoms with Crippen LogP contribution in [-0.2, 0) is 42.9 Å². The van der Waals surface area contributed by atoms with Crippen molar-refractivity contribution in [3.8, 4) is 0 Å². The monoisotopic (exact) mass is 488 g/mol. The first kappa shape index (κ1) is 26.2. The van der Waals surface area contributed by atoms with Crippen LogP contribution < -0.4 is 0 Å². The smallest absolute Gasteiger partial charge is 0.331 e. The lowest BCUT2D eigenvalue weighted by atomic mass is 9.63. The molecule has 0 N–H and O–H groups in total. The Balaban J connectivity index is 2.11. The van der Waals surface area contributed by atoms with Crippen molar-refractivity contribution >= 4 is 23.9 Å². The molecule has 0 aromatic rings. The van der Waals surface area contributed by atoms with Gasteiger partial charge in [-0.25, -0.2) is 4.79 Å². The van der Waals surface area contributed by atoms with Crippen molar-refractivity contribution in [1.82, 2.24) is 0 Å². The zero-order valence-electron chi connectivity index (χ0n) is 20.9. The predicted octanol–water partition coefficient (Wildman–Crippen LogP) is 3.30. The summed E-state index contributed by atoms with van der Waals surface area (Å²) in [6, 6.07) is 0. The Morgan fingerprint density at radius 2 is 1.71 bits per heavy atom. The number of carbonyl (C=O) groups excluding carboxylic acids is 4. The van der Waals surface area contributed by atoms with E-state index in [1.54, 1.807) is 6.08 Å². The number of allylic oxidation sites excluding steroid dienone is 1. The van der Waals surface area contributed by atoms with E-state index in [0.717, 1.165) is 11.1 Å². The fraction of sp³-hybridized carbons (Fsp3) is 0.538. The summed E-state index contributed by atoms with van der Waals surface area (Å²) in [5.74, 6) is -3.23. The van der Waals surface area contributed by atoms with Gasteiger partial charge in [-0.2, -0.15) is 0 Å². The van der Waals surface area contributed by atoms with Crippen LogP contribution in [-0.4, -0.2) is 48.5 Å². The van der Waals surface area contributed by atoms with Gasteiger partial charge in [0.05, 0.1) is 12.2 Å². The van der Waals surface area contributed by atoms with Crippen LogP contribution in [0.2, 0.25) is 0 Å². The highest BCUT2D eigenvalue weighted by Crippen LogP contribution is 2.51. The molecule has 9 heteroatoms.